The Morgan fingerprint density at radius 2 is 2.10 bits per heavy atom. The molecule has 0 radical (unpaired) electrons. The molecule has 20 heavy (non-hydrogen) atoms. The summed E-state index contributed by atoms with van der Waals surface area (Å²) in [7, 11) is 1.89. The van der Waals surface area contributed by atoms with Crippen LogP contribution >= 0.6 is 15.9 Å². The Morgan fingerprint density at radius 1 is 1.35 bits per heavy atom. The van der Waals surface area contributed by atoms with Crippen LogP contribution < -0.4 is 0 Å². The Hall–Kier alpha value is -1.28. The van der Waals surface area contributed by atoms with Gasteiger partial charge < -0.3 is 0 Å². The summed E-state index contributed by atoms with van der Waals surface area (Å²) in [4.78, 5) is 2.43. The van der Waals surface area contributed by atoms with E-state index in [4.69, 9.17) is 0 Å². The zero-order valence-electron chi connectivity index (χ0n) is 11.6. The van der Waals surface area contributed by atoms with Gasteiger partial charge in [0.15, 0.2) is 5.82 Å². The summed E-state index contributed by atoms with van der Waals surface area (Å²) in [5.41, 5.74) is 0. The summed E-state index contributed by atoms with van der Waals surface area (Å²) >= 11 is 3.45. The molecule has 1 fully saturated rings. The van der Waals surface area contributed by atoms with Crippen molar-refractivity contribution < 1.29 is 0 Å². The lowest BCUT2D eigenvalue weighted by Crippen LogP contribution is -2.37. The quantitative estimate of drug-likeness (QED) is 0.849. The number of aryl methyl sites for hydroxylation is 1. The minimum absolute atomic E-state index is 0.250. The fourth-order valence-electron chi connectivity index (χ4n) is 2.81. The van der Waals surface area contributed by atoms with Crippen LogP contribution in [0.2, 0.25) is 0 Å². The molecule has 0 aromatic carbocycles. The summed E-state index contributed by atoms with van der Waals surface area (Å²) in [5, 5.41) is 16.1. The second-order valence-electron chi connectivity index (χ2n) is 5.24. The van der Waals surface area contributed by atoms with Gasteiger partial charge in [-0.25, -0.2) is 4.68 Å². The van der Waals surface area contributed by atoms with Crippen molar-refractivity contribution >= 4 is 15.9 Å². The van der Waals surface area contributed by atoms with E-state index in [-0.39, 0.29) is 6.04 Å². The molecule has 0 N–H and O–H groups in total. The first-order valence-corrected chi connectivity index (χ1v) is 7.60. The number of rotatable bonds is 3. The van der Waals surface area contributed by atoms with Gasteiger partial charge in [0, 0.05) is 26.3 Å². The van der Waals surface area contributed by atoms with Crippen LogP contribution in [0.25, 0.3) is 0 Å². The van der Waals surface area contributed by atoms with Crippen LogP contribution in [0.15, 0.2) is 16.9 Å². The van der Waals surface area contributed by atoms with E-state index in [2.05, 4.69) is 59.3 Å². The third-order valence-corrected chi connectivity index (χ3v) is 4.43. The smallest absolute Gasteiger partial charge is 0.167 e. The van der Waals surface area contributed by atoms with Gasteiger partial charge in [-0.05, 0) is 46.1 Å². The van der Waals surface area contributed by atoms with E-state index in [1.54, 1.807) is 4.68 Å². The van der Waals surface area contributed by atoms with Gasteiger partial charge in [-0.1, -0.05) is 0 Å². The topological polar surface area (TPSA) is 64.7 Å². The van der Waals surface area contributed by atoms with Crippen LogP contribution in [0.1, 0.15) is 37.7 Å². The molecule has 1 aliphatic rings. The van der Waals surface area contributed by atoms with Crippen LogP contribution in [0.3, 0.4) is 0 Å². The van der Waals surface area contributed by atoms with Crippen molar-refractivity contribution in [2.45, 2.75) is 31.8 Å². The molecule has 3 heterocycles. The molecule has 7 nitrogen and oxygen atoms in total. The fraction of sp³-hybridized carbons (Fsp3) is 0.667. The van der Waals surface area contributed by atoms with Crippen LogP contribution in [-0.4, -0.2) is 48.0 Å². The van der Waals surface area contributed by atoms with Crippen molar-refractivity contribution in [3.05, 3.63) is 22.7 Å². The van der Waals surface area contributed by atoms with Crippen LogP contribution in [-0.2, 0) is 7.05 Å². The zero-order valence-corrected chi connectivity index (χ0v) is 13.2. The van der Waals surface area contributed by atoms with Gasteiger partial charge in [-0.15, -0.1) is 5.10 Å². The molecule has 0 unspecified atom stereocenters. The zero-order chi connectivity index (χ0) is 14.1. The third-order valence-electron chi connectivity index (χ3n) is 4.02. The summed E-state index contributed by atoms with van der Waals surface area (Å²) in [6.45, 7) is 4.24. The molecule has 2 aromatic rings. The van der Waals surface area contributed by atoms with E-state index in [9.17, 15) is 0 Å². The Balaban J connectivity index is 1.62. The van der Waals surface area contributed by atoms with Crippen molar-refractivity contribution in [2.75, 3.05) is 13.1 Å². The molecule has 0 amide bonds. The van der Waals surface area contributed by atoms with Gasteiger partial charge >= 0.3 is 0 Å². The minimum atomic E-state index is 0.250. The van der Waals surface area contributed by atoms with E-state index in [0.717, 1.165) is 36.2 Å². The molecule has 0 bridgehead atoms. The maximum atomic E-state index is 4.39. The third kappa shape index (κ3) is 2.62. The van der Waals surface area contributed by atoms with Crippen molar-refractivity contribution in [3.8, 4) is 0 Å². The van der Waals surface area contributed by atoms with Crippen molar-refractivity contribution in [2.24, 2.45) is 7.05 Å². The summed E-state index contributed by atoms with van der Waals surface area (Å²) < 4.78 is 4.86. The summed E-state index contributed by atoms with van der Waals surface area (Å²) in [6, 6.07) is 0.739. The number of likely N-dealkylation sites (tertiary alicyclic amines) is 1. The maximum Gasteiger partial charge on any atom is 0.167 e. The largest absolute Gasteiger partial charge is 0.293 e. The number of piperidine rings is 1. The second kappa shape index (κ2) is 5.61. The molecule has 1 saturated heterocycles. The maximum absolute atomic E-state index is 4.39. The van der Waals surface area contributed by atoms with E-state index >= 15 is 0 Å². The average molecular weight is 340 g/mol. The minimum Gasteiger partial charge on any atom is -0.293 e. The Morgan fingerprint density at radius 3 is 2.65 bits per heavy atom. The van der Waals surface area contributed by atoms with Crippen molar-refractivity contribution in [3.63, 3.8) is 0 Å². The molecular formula is C12H18BrN7. The van der Waals surface area contributed by atoms with Gasteiger partial charge in [-0.3, -0.25) is 9.58 Å². The Bertz CT molecular complexity index is 570. The van der Waals surface area contributed by atoms with Gasteiger partial charge in [0.05, 0.1) is 22.8 Å². The molecule has 8 heteroatoms. The van der Waals surface area contributed by atoms with E-state index in [1.165, 1.54) is 0 Å². The first-order chi connectivity index (χ1) is 9.65. The molecule has 0 saturated carbocycles. The number of tetrazole rings is 1. The number of hydrogen-bond acceptors (Lipinski definition) is 5. The predicted octanol–water partition coefficient (Wildman–Crippen LogP) is 1.57. The highest BCUT2D eigenvalue weighted by atomic mass is 79.9. The first kappa shape index (κ1) is 13.7. The van der Waals surface area contributed by atoms with Crippen LogP contribution in [0, 0.1) is 0 Å². The number of aromatic nitrogens is 6. The fourth-order valence-corrected chi connectivity index (χ4v) is 3.11. The Labute approximate surface area is 126 Å². The van der Waals surface area contributed by atoms with Crippen LogP contribution in [0.5, 0.6) is 0 Å². The van der Waals surface area contributed by atoms with Crippen molar-refractivity contribution in [1.82, 2.24) is 34.9 Å². The summed E-state index contributed by atoms with van der Waals surface area (Å²) in [6.07, 6.45) is 6.10. The highest BCUT2D eigenvalue weighted by Crippen LogP contribution is 2.28. The molecule has 0 spiro atoms. The molecule has 2 aromatic heterocycles. The normalized spacial score (nSPS) is 19.4. The highest BCUT2D eigenvalue weighted by Gasteiger charge is 2.27. The SMILES string of the molecule is C[C@@H](c1nnnn1C)N1CCC(n2cc(Br)cn2)CC1. The lowest BCUT2D eigenvalue weighted by Gasteiger charge is -2.35. The number of nitrogens with zero attached hydrogens (tertiary/aromatic N) is 7. The van der Waals surface area contributed by atoms with Gasteiger partial charge in [0.25, 0.3) is 0 Å². The molecule has 3 rings (SSSR count). The lowest BCUT2D eigenvalue weighted by atomic mass is 10.0. The summed E-state index contributed by atoms with van der Waals surface area (Å²) in [5.74, 6) is 0.922. The second-order valence-corrected chi connectivity index (χ2v) is 6.16. The molecular weight excluding hydrogens is 322 g/mol. The van der Waals surface area contributed by atoms with E-state index in [0.29, 0.717) is 6.04 Å². The standard InChI is InChI=1S/C12H18BrN7/c1-9(12-15-16-17-18(12)2)19-5-3-11(4-6-19)20-8-10(13)7-14-20/h7-9,11H,3-6H2,1-2H3/t9-/m0/s1. The number of hydrogen-bond donors (Lipinski definition) is 0. The van der Waals surface area contributed by atoms with Crippen molar-refractivity contribution in [1.29, 1.82) is 0 Å². The average Bonchev–Trinajstić information content (AvgIpc) is 3.07. The van der Waals surface area contributed by atoms with Crippen LogP contribution in [0.4, 0.5) is 0 Å². The highest BCUT2D eigenvalue weighted by molar-refractivity contribution is 9.10. The molecule has 108 valence electrons. The number of halogens is 1. The molecule has 1 aliphatic heterocycles. The van der Waals surface area contributed by atoms with Gasteiger partial charge in [0.2, 0.25) is 0 Å². The predicted molar refractivity (Wildman–Crippen MR) is 77.0 cm³/mol. The lowest BCUT2D eigenvalue weighted by molar-refractivity contribution is 0.132. The molecule has 1 atom stereocenters. The van der Waals surface area contributed by atoms with Gasteiger partial charge in [0.1, 0.15) is 0 Å². The van der Waals surface area contributed by atoms with Gasteiger partial charge in [-0.2, -0.15) is 5.10 Å². The Kier molecular flexibility index (Phi) is 3.84. The first-order valence-electron chi connectivity index (χ1n) is 6.81. The van der Waals surface area contributed by atoms with E-state index < -0.39 is 0 Å². The van der Waals surface area contributed by atoms with E-state index in [1.807, 2.05) is 13.2 Å². The monoisotopic (exact) mass is 339 g/mol. The molecule has 0 aliphatic carbocycles.